The molecule has 0 amide bonds. The smallest absolute Gasteiger partial charge is 0.341 e. The van der Waals surface area contributed by atoms with E-state index in [2.05, 4.69) is 0 Å². The van der Waals surface area contributed by atoms with Crippen LogP contribution in [-0.2, 0) is 4.79 Å². The summed E-state index contributed by atoms with van der Waals surface area (Å²) in [5, 5.41) is 8.78. The maximum Gasteiger partial charge on any atom is 0.341 e. The molecule has 0 spiro atoms. The van der Waals surface area contributed by atoms with E-state index in [9.17, 15) is 22.4 Å². The Labute approximate surface area is 250 Å². The molecule has 43 heavy (non-hydrogen) atoms. The van der Waals surface area contributed by atoms with Gasteiger partial charge in [-0.25, -0.2) is 22.4 Å². The SMILES string of the molecule is O=C(O)COc1ccc(SCC=C(c2ccc(-c3ccc(F)cc3F)cc2)c2ccc(-c3ccc(F)cc3F)cc2)cc1. The minimum Gasteiger partial charge on any atom is -0.482 e. The zero-order valence-corrected chi connectivity index (χ0v) is 23.4. The van der Waals surface area contributed by atoms with E-state index in [0.717, 1.165) is 33.7 Å². The second-order valence-electron chi connectivity index (χ2n) is 9.49. The third-order valence-corrected chi connectivity index (χ3v) is 7.54. The molecule has 0 atom stereocenters. The summed E-state index contributed by atoms with van der Waals surface area (Å²) < 4.78 is 60.8. The van der Waals surface area contributed by atoms with Crippen molar-refractivity contribution in [2.45, 2.75) is 4.90 Å². The second kappa shape index (κ2) is 13.4. The summed E-state index contributed by atoms with van der Waals surface area (Å²) in [5.74, 6) is -2.61. The molecular weight excluding hydrogens is 576 g/mol. The Bertz CT molecular complexity index is 1670. The van der Waals surface area contributed by atoms with Crippen molar-refractivity contribution in [3.05, 3.63) is 150 Å². The lowest BCUT2D eigenvalue weighted by molar-refractivity contribution is -0.139. The fraction of sp³-hybridized carbons (Fsp3) is 0.0571. The summed E-state index contributed by atoms with van der Waals surface area (Å²) in [4.78, 5) is 11.7. The second-order valence-corrected chi connectivity index (χ2v) is 10.6. The quantitative estimate of drug-likeness (QED) is 0.128. The summed E-state index contributed by atoms with van der Waals surface area (Å²) in [6.45, 7) is -0.419. The number of hydrogen-bond donors (Lipinski definition) is 1. The number of aliphatic carboxylic acids is 1. The molecule has 0 saturated heterocycles. The van der Waals surface area contributed by atoms with Gasteiger partial charge in [0.05, 0.1) is 0 Å². The van der Waals surface area contributed by atoms with Crippen LogP contribution >= 0.6 is 11.8 Å². The topological polar surface area (TPSA) is 46.5 Å². The van der Waals surface area contributed by atoms with Crippen LogP contribution in [0.4, 0.5) is 17.6 Å². The van der Waals surface area contributed by atoms with Gasteiger partial charge in [0.15, 0.2) is 6.61 Å². The monoisotopic (exact) mass is 600 g/mol. The van der Waals surface area contributed by atoms with Crippen LogP contribution in [-0.4, -0.2) is 23.4 Å². The average molecular weight is 601 g/mol. The Kier molecular flexibility index (Phi) is 9.27. The normalized spacial score (nSPS) is 10.8. The first-order valence-corrected chi connectivity index (χ1v) is 14.1. The molecule has 0 bridgehead atoms. The van der Waals surface area contributed by atoms with E-state index in [0.29, 0.717) is 22.6 Å². The van der Waals surface area contributed by atoms with Crippen LogP contribution < -0.4 is 4.74 Å². The first-order chi connectivity index (χ1) is 20.8. The number of carboxylic acid groups (broad SMARTS) is 1. The fourth-order valence-corrected chi connectivity index (χ4v) is 5.28. The number of hydrogen-bond acceptors (Lipinski definition) is 3. The molecule has 5 rings (SSSR count). The number of carboxylic acids is 1. The van der Waals surface area contributed by atoms with Crippen LogP contribution in [0.3, 0.4) is 0 Å². The molecule has 1 N–H and O–H groups in total. The molecule has 0 aromatic heterocycles. The number of rotatable bonds is 10. The lowest BCUT2D eigenvalue weighted by atomic mass is 9.94. The number of halogens is 4. The summed E-state index contributed by atoms with van der Waals surface area (Å²) in [6.07, 6.45) is 2.04. The van der Waals surface area contributed by atoms with Gasteiger partial charge in [0.2, 0.25) is 0 Å². The molecule has 216 valence electrons. The van der Waals surface area contributed by atoms with Crippen molar-refractivity contribution in [3.63, 3.8) is 0 Å². The molecule has 0 aliphatic carbocycles. The summed E-state index contributed by atoms with van der Waals surface area (Å²) in [7, 11) is 0. The van der Waals surface area contributed by atoms with Crippen molar-refractivity contribution in [2.75, 3.05) is 12.4 Å². The zero-order valence-electron chi connectivity index (χ0n) is 22.6. The molecule has 0 saturated carbocycles. The molecule has 5 aromatic carbocycles. The largest absolute Gasteiger partial charge is 0.482 e. The van der Waals surface area contributed by atoms with Crippen LogP contribution in [0, 0.1) is 23.3 Å². The van der Waals surface area contributed by atoms with Crippen molar-refractivity contribution in [2.24, 2.45) is 0 Å². The summed E-state index contributed by atoms with van der Waals surface area (Å²) in [5.41, 5.74) is 4.36. The maximum atomic E-state index is 14.4. The summed E-state index contributed by atoms with van der Waals surface area (Å²) >= 11 is 1.56. The molecule has 0 fully saturated rings. The van der Waals surface area contributed by atoms with Gasteiger partial charge in [-0.05, 0) is 76.4 Å². The van der Waals surface area contributed by atoms with E-state index >= 15 is 0 Å². The van der Waals surface area contributed by atoms with Gasteiger partial charge in [0, 0.05) is 33.9 Å². The highest BCUT2D eigenvalue weighted by atomic mass is 32.2. The number of thioether (sulfide) groups is 1. The molecular formula is C35H24F4O3S. The van der Waals surface area contributed by atoms with Crippen LogP contribution in [0.1, 0.15) is 11.1 Å². The number of ether oxygens (including phenoxy) is 1. The Morgan fingerprint density at radius 1 is 0.674 bits per heavy atom. The molecule has 8 heteroatoms. The van der Waals surface area contributed by atoms with E-state index in [1.165, 1.54) is 24.3 Å². The first-order valence-electron chi connectivity index (χ1n) is 13.2. The molecule has 0 aliphatic rings. The van der Waals surface area contributed by atoms with E-state index in [-0.39, 0.29) is 11.1 Å². The van der Waals surface area contributed by atoms with Gasteiger partial charge < -0.3 is 9.84 Å². The highest BCUT2D eigenvalue weighted by Crippen LogP contribution is 2.32. The minimum absolute atomic E-state index is 0.287. The molecule has 0 heterocycles. The van der Waals surface area contributed by atoms with Gasteiger partial charge in [-0.1, -0.05) is 54.6 Å². The van der Waals surface area contributed by atoms with Crippen molar-refractivity contribution in [1.29, 1.82) is 0 Å². The van der Waals surface area contributed by atoms with Crippen molar-refractivity contribution in [3.8, 4) is 28.0 Å². The predicted molar refractivity (Wildman–Crippen MR) is 161 cm³/mol. The summed E-state index contributed by atoms with van der Waals surface area (Å²) in [6, 6.07) is 28.5. The predicted octanol–water partition coefficient (Wildman–Crippen LogP) is 9.26. The Morgan fingerprint density at radius 2 is 1.16 bits per heavy atom. The van der Waals surface area contributed by atoms with Crippen LogP contribution in [0.5, 0.6) is 5.75 Å². The van der Waals surface area contributed by atoms with Gasteiger partial charge >= 0.3 is 5.97 Å². The standard InChI is InChI=1S/C35H24F4O3S/c36-26-9-15-31(33(38)19-26)24-5-1-22(2-6-24)30(17-18-43-29-13-11-28(12-14-29)42-21-35(40)41)23-3-7-25(8-4-23)32-16-10-27(37)20-34(32)39/h1-17,19-20H,18,21H2,(H,40,41). The Hall–Kier alpha value is -4.82. The molecule has 5 aromatic rings. The van der Waals surface area contributed by atoms with Gasteiger partial charge in [-0.3, -0.25) is 0 Å². The third kappa shape index (κ3) is 7.53. The van der Waals surface area contributed by atoms with Crippen LogP contribution in [0.25, 0.3) is 27.8 Å². The lowest BCUT2D eigenvalue weighted by Crippen LogP contribution is -2.09. The van der Waals surface area contributed by atoms with Crippen LogP contribution in [0.2, 0.25) is 0 Å². The minimum atomic E-state index is -1.05. The fourth-order valence-electron chi connectivity index (χ4n) is 4.51. The first kappa shape index (κ1) is 29.7. The van der Waals surface area contributed by atoms with Crippen molar-refractivity contribution < 1.29 is 32.2 Å². The van der Waals surface area contributed by atoms with Gasteiger partial charge in [0.25, 0.3) is 0 Å². The van der Waals surface area contributed by atoms with E-state index in [1.807, 2.05) is 42.5 Å². The van der Waals surface area contributed by atoms with Crippen molar-refractivity contribution in [1.82, 2.24) is 0 Å². The molecule has 0 unspecified atom stereocenters. The van der Waals surface area contributed by atoms with E-state index in [1.54, 1.807) is 48.2 Å². The third-order valence-electron chi connectivity index (χ3n) is 6.60. The van der Waals surface area contributed by atoms with Gasteiger partial charge in [-0.15, -0.1) is 11.8 Å². The average Bonchev–Trinajstić information content (AvgIpc) is 2.99. The zero-order chi connectivity index (χ0) is 30.3. The van der Waals surface area contributed by atoms with E-state index in [4.69, 9.17) is 9.84 Å². The van der Waals surface area contributed by atoms with Gasteiger partial charge in [-0.2, -0.15) is 0 Å². The lowest BCUT2D eigenvalue weighted by Gasteiger charge is -2.12. The molecule has 0 radical (unpaired) electrons. The Balaban J connectivity index is 1.42. The number of benzene rings is 5. The van der Waals surface area contributed by atoms with Crippen LogP contribution in [0.15, 0.2) is 120 Å². The highest BCUT2D eigenvalue weighted by Gasteiger charge is 2.11. The molecule has 3 nitrogen and oxygen atoms in total. The maximum absolute atomic E-state index is 14.4. The Morgan fingerprint density at radius 3 is 1.60 bits per heavy atom. The number of carbonyl (C=O) groups is 1. The van der Waals surface area contributed by atoms with Crippen molar-refractivity contribution >= 4 is 23.3 Å². The molecule has 0 aliphatic heterocycles. The van der Waals surface area contributed by atoms with E-state index < -0.39 is 35.8 Å². The van der Waals surface area contributed by atoms with Gasteiger partial charge in [0.1, 0.15) is 29.0 Å². The highest BCUT2D eigenvalue weighted by molar-refractivity contribution is 7.99.